The predicted octanol–water partition coefficient (Wildman–Crippen LogP) is -0.654. The molecule has 0 aliphatic carbocycles. The van der Waals surface area contributed by atoms with E-state index in [1.165, 1.54) is 11.4 Å². The second kappa shape index (κ2) is 6.53. The molecule has 1 fully saturated rings. The fraction of sp³-hybridized carbons (Fsp3) is 0.889. The number of carbonyl (C=O) groups is 1. The van der Waals surface area contributed by atoms with E-state index in [0.717, 1.165) is 0 Å². The number of ether oxygens (including phenoxy) is 1. The second-order valence-corrected chi connectivity index (χ2v) is 6.22. The van der Waals surface area contributed by atoms with Gasteiger partial charge in [0.25, 0.3) is 0 Å². The molecule has 1 rings (SSSR count). The van der Waals surface area contributed by atoms with Gasteiger partial charge in [0, 0.05) is 32.1 Å². The molecule has 0 unspecified atom stereocenters. The summed E-state index contributed by atoms with van der Waals surface area (Å²) in [6.07, 6.45) is 0. The minimum absolute atomic E-state index is 0.0362. The van der Waals surface area contributed by atoms with Crippen molar-refractivity contribution in [3.63, 3.8) is 0 Å². The molecule has 0 saturated carbocycles. The Balaban J connectivity index is 2.43. The van der Waals surface area contributed by atoms with E-state index in [9.17, 15) is 13.2 Å². The molecule has 17 heavy (non-hydrogen) atoms. The lowest BCUT2D eigenvalue weighted by molar-refractivity contribution is -0.142. The van der Waals surface area contributed by atoms with Crippen molar-refractivity contribution >= 4 is 27.6 Å². The molecular weight excluding hydrogens is 268 g/mol. The van der Waals surface area contributed by atoms with Gasteiger partial charge in [0.2, 0.25) is 10.0 Å². The number of nitrogens with zero attached hydrogens (tertiary/aromatic N) is 2. The van der Waals surface area contributed by atoms with Gasteiger partial charge in [-0.1, -0.05) is 0 Å². The molecule has 1 saturated heterocycles. The molecule has 0 N–H and O–H groups in total. The summed E-state index contributed by atoms with van der Waals surface area (Å²) in [6, 6.07) is 0. The summed E-state index contributed by atoms with van der Waals surface area (Å²) < 4.78 is 29.4. The van der Waals surface area contributed by atoms with Crippen molar-refractivity contribution in [1.29, 1.82) is 0 Å². The van der Waals surface area contributed by atoms with E-state index in [4.69, 9.17) is 11.6 Å². The van der Waals surface area contributed by atoms with Gasteiger partial charge in [-0.25, -0.2) is 8.42 Å². The molecule has 1 aliphatic rings. The van der Waals surface area contributed by atoms with Crippen LogP contribution in [0.1, 0.15) is 0 Å². The SMILES string of the molecule is COC(=O)CN1CCN(S(=O)(=O)CCCl)CC1. The summed E-state index contributed by atoms with van der Waals surface area (Å²) in [4.78, 5) is 12.9. The lowest BCUT2D eigenvalue weighted by atomic mass is 10.3. The molecule has 6 nitrogen and oxygen atoms in total. The molecule has 0 aromatic heterocycles. The zero-order chi connectivity index (χ0) is 12.9. The number of esters is 1. The van der Waals surface area contributed by atoms with E-state index in [1.807, 2.05) is 4.90 Å². The van der Waals surface area contributed by atoms with Gasteiger partial charge in [0.1, 0.15) is 0 Å². The van der Waals surface area contributed by atoms with Crippen molar-refractivity contribution in [3.05, 3.63) is 0 Å². The number of sulfonamides is 1. The third-order valence-electron chi connectivity index (χ3n) is 2.64. The van der Waals surface area contributed by atoms with Crippen LogP contribution in [-0.2, 0) is 19.6 Å². The van der Waals surface area contributed by atoms with Gasteiger partial charge in [-0.3, -0.25) is 9.69 Å². The van der Waals surface area contributed by atoms with E-state index >= 15 is 0 Å². The van der Waals surface area contributed by atoms with Gasteiger partial charge in [-0.15, -0.1) is 11.6 Å². The van der Waals surface area contributed by atoms with Gasteiger partial charge in [0.15, 0.2) is 0 Å². The maximum atomic E-state index is 11.7. The molecule has 0 amide bonds. The molecule has 100 valence electrons. The number of rotatable bonds is 5. The first-order valence-corrected chi connectivity index (χ1v) is 7.47. The monoisotopic (exact) mass is 284 g/mol. The Morgan fingerprint density at radius 1 is 1.29 bits per heavy atom. The maximum Gasteiger partial charge on any atom is 0.319 e. The second-order valence-electron chi connectivity index (χ2n) is 3.76. The molecule has 0 radical (unpaired) electrons. The number of carbonyl (C=O) groups excluding carboxylic acids is 1. The topological polar surface area (TPSA) is 66.9 Å². The highest BCUT2D eigenvalue weighted by Gasteiger charge is 2.27. The van der Waals surface area contributed by atoms with Gasteiger partial charge in [-0.05, 0) is 0 Å². The van der Waals surface area contributed by atoms with Crippen LogP contribution >= 0.6 is 11.6 Å². The van der Waals surface area contributed by atoms with Crippen molar-refractivity contribution < 1.29 is 17.9 Å². The zero-order valence-corrected chi connectivity index (χ0v) is 11.3. The number of halogens is 1. The van der Waals surface area contributed by atoms with Crippen molar-refractivity contribution in [2.24, 2.45) is 0 Å². The standard InChI is InChI=1S/C9H17ClN2O4S/c1-16-9(13)8-11-3-5-12(6-4-11)17(14,15)7-2-10/h2-8H2,1H3. The summed E-state index contributed by atoms with van der Waals surface area (Å²) >= 11 is 5.44. The predicted molar refractivity (Wildman–Crippen MR) is 64.5 cm³/mol. The van der Waals surface area contributed by atoms with Crippen molar-refractivity contribution in [1.82, 2.24) is 9.21 Å². The minimum Gasteiger partial charge on any atom is -0.468 e. The van der Waals surface area contributed by atoms with E-state index < -0.39 is 10.0 Å². The van der Waals surface area contributed by atoms with Gasteiger partial charge in [0.05, 0.1) is 19.4 Å². The van der Waals surface area contributed by atoms with Gasteiger partial charge < -0.3 is 4.74 Å². The summed E-state index contributed by atoms with van der Waals surface area (Å²) in [6.45, 7) is 2.08. The van der Waals surface area contributed by atoms with E-state index in [-0.39, 0.29) is 24.1 Å². The fourth-order valence-corrected chi connectivity index (χ4v) is 3.40. The van der Waals surface area contributed by atoms with Crippen LogP contribution in [0.2, 0.25) is 0 Å². The number of piperazine rings is 1. The van der Waals surface area contributed by atoms with Crippen molar-refractivity contribution in [3.8, 4) is 0 Å². The zero-order valence-electron chi connectivity index (χ0n) is 9.76. The minimum atomic E-state index is -3.23. The van der Waals surface area contributed by atoms with Crippen LogP contribution in [0.4, 0.5) is 0 Å². The third kappa shape index (κ3) is 4.42. The highest BCUT2D eigenvalue weighted by atomic mass is 35.5. The normalized spacial score (nSPS) is 19.2. The number of alkyl halides is 1. The molecule has 0 bridgehead atoms. The third-order valence-corrected chi connectivity index (χ3v) is 4.93. The molecule has 0 aromatic rings. The Morgan fingerprint density at radius 3 is 2.35 bits per heavy atom. The van der Waals surface area contributed by atoms with Crippen molar-refractivity contribution in [2.75, 3.05) is 51.5 Å². The molecule has 1 heterocycles. The summed E-state index contributed by atoms with van der Waals surface area (Å²) in [7, 11) is -1.90. The number of hydrogen-bond donors (Lipinski definition) is 0. The quantitative estimate of drug-likeness (QED) is 0.496. The van der Waals surface area contributed by atoms with Crippen LogP contribution in [-0.4, -0.2) is 75.1 Å². The van der Waals surface area contributed by atoms with Crippen LogP contribution in [0.5, 0.6) is 0 Å². The van der Waals surface area contributed by atoms with E-state index in [2.05, 4.69) is 4.74 Å². The van der Waals surface area contributed by atoms with E-state index in [1.54, 1.807) is 0 Å². The first-order chi connectivity index (χ1) is 7.99. The summed E-state index contributed by atoms with van der Waals surface area (Å²) in [5, 5.41) is 0. The Kier molecular flexibility index (Phi) is 5.64. The van der Waals surface area contributed by atoms with Crippen LogP contribution in [0.15, 0.2) is 0 Å². The Labute approximate surface area is 107 Å². The molecule has 0 aromatic carbocycles. The van der Waals surface area contributed by atoms with Crippen LogP contribution < -0.4 is 0 Å². The Hall–Kier alpha value is -0.370. The molecule has 0 atom stereocenters. The lowest BCUT2D eigenvalue weighted by Gasteiger charge is -2.33. The highest BCUT2D eigenvalue weighted by molar-refractivity contribution is 7.89. The number of hydrogen-bond acceptors (Lipinski definition) is 5. The molecule has 0 spiro atoms. The molecule has 8 heteroatoms. The summed E-state index contributed by atoms with van der Waals surface area (Å²) in [5.74, 6) is -0.238. The highest BCUT2D eigenvalue weighted by Crippen LogP contribution is 2.08. The number of methoxy groups -OCH3 is 1. The first-order valence-electron chi connectivity index (χ1n) is 5.32. The Morgan fingerprint density at radius 2 is 1.88 bits per heavy atom. The lowest BCUT2D eigenvalue weighted by Crippen LogP contribution is -2.50. The largest absolute Gasteiger partial charge is 0.468 e. The molecule has 1 aliphatic heterocycles. The fourth-order valence-electron chi connectivity index (χ4n) is 1.64. The van der Waals surface area contributed by atoms with Crippen LogP contribution in [0, 0.1) is 0 Å². The first kappa shape index (κ1) is 14.7. The Bertz CT molecular complexity index is 352. The van der Waals surface area contributed by atoms with Gasteiger partial charge in [-0.2, -0.15) is 4.31 Å². The smallest absolute Gasteiger partial charge is 0.319 e. The van der Waals surface area contributed by atoms with Crippen LogP contribution in [0.3, 0.4) is 0 Å². The average molecular weight is 285 g/mol. The average Bonchev–Trinajstić information content (AvgIpc) is 2.29. The maximum absolute atomic E-state index is 11.7. The van der Waals surface area contributed by atoms with E-state index in [0.29, 0.717) is 26.2 Å². The van der Waals surface area contributed by atoms with Gasteiger partial charge >= 0.3 is 5.97 Å². The van der Waals surface area contributed by atoms with Crippen molar-refractivity contribution in [2.45, 2.75) is 0 Å². The summed E-state index contributed by atoms with van der Waals surface area (Å²) in [5.41, 5.74) is 0. The molecular formula is C9H17ClN2O4S. The van der Waals surface area contributed by atoms with Crippen LogP contribution in [0.25, 0.3) is 0 Å².